The molecule has 1 saturated heterocycles. The Hall–Kier alpha value is 0.600. The molecule has 0 bridgehead atoms. The van der Waals surface area contributed by atoms with Crippen molar-refractivity contribution in [3.63, 3.8) is 0 Å². The van der Waals surface area contributed by atoms with Gasteiger partial charge in [0.1, 0.15) is 0 Å². The van der Waals surface area contributed by atoms with Gasteiger partial charge in [0.05, 0.1) is 10.3 Å². The quantitative estimate of drug-likeness (QED) is 0.465. The van der Waals surface area contributed by atoms with Gasteiger partial charge in [0.2, 0.25) is 10.0 Å². The molecule has 1 aliphatic rings. The third-order valence-corrected chi connectivity index (χ3v) is 4.25. The second-order valence-electron chi connectivity index (χ2n) is 3.51. The lowest BCUT2D eigenvalue weighted by Crippen LogP contribution is -2.36. The van der Waals surface area contributed by atoms with Crippen molar-refractivity contribution >= 4 is 32.6 Å². The number of hydrogen-bond donors (Lipinski definition) is 1. The van der Waals surface area contributed by atoms with Crippen LogP contribution in [-0.2, 0) is 10.0 Å². The van der Waals surface area contributed by atoms with E-state index < -0.39 is 10.0 Å². The van der Waals surface area contributed by atoms with E-state index in [1.165, 1.54) is 0 Å². The van der Waals surface area contributed by atoms with Gasteiger partial charge in [-0.25, -0.2) is 13.6 Å². The van der Waals surface area contributed by atoms with E-state index in [0.717, 1.165) is 30.5 Å². The van der Waals surface area contributed by atoms with Gasteiger partial charge in [-0.15, -0.1) is 0 Å². The van der Waals surface area contributed by atoms with Crippen molar-refractivity contribution in [2.24, 2.45) is 11.1 Å². The minimum absolute atomic E-state index is 0.155. The van der Waals surface area contributed by atoms with E-state index in [1.807, 2.05) is 0 Å². The third-order valence-electron chi connectivity index (χ3n) is 2.34. The van der Waals surface area contributed by atoms with Crippen LogP contribution >= 0.6 is 22.6 Å². The maximum absolute atomic E-state index is 10.8. The van der Waals surface area contributed by atoms with Crippen molar-refractivity contribution in [2.45, 2.75) is 12.8 Å². The number of sulfonamides is 1. The van der Waals surface area contributed by atoms with Crippen molar-refractivity contribution in [3.8, 4) is 0 Å². The number of nitrogens with two attached hydrogens (primary N) is 1. The minimum Gasteiger partial charge on any atom is -0.294 e. The lowest BCUT2D eigenvalue weighted by Gasteiger charge is -2.29. The van der Waals surface area contributed by atoms with Gasteiger partial charge in [-0.3, -0.25) is 4.90 Å². The lowest BCUT2D eigenvalue weighted by molar-refractivity contribution is 0.227. The summed E-state index contributed by atoms with van der Waals surface area (Å²) in [5.74, 6) is 0.427. The van der Waals surface area contributed by atoms with Gasteiger partial charge in [0.25, 0.3) is 0 Å². The molecule has 0 aromatic heterocycles. The first-order valence-electron chi connectivity index (χ1n) is 4.30. The molecule has 78 valence electrons. The summed E-state index contributed by atoms with van der Waals surface area (Å²) in [4.78, 5) is 2.32. The second-order valence-corrected chi connectivity index (χ2v) is 5.85. The summed E-state index contributed by atoms with van der Waals surface area (Å²) >= 11 is 2.33. The van der Waals surface area contributed by atoms with Crippen LogP contribution in [0.4, 0.5) is 0 Å². The van der Waals surface area contributed by atoms with Crippen molar-refractivity contribution in [2.75, 3.05) is 23.4 Å². The number of likely N-dealkylation sites (tertiary alicyclic amines) is 1. The van der Waals surface area contributed by atoms with Crippen molar-refractivity contribution in [3.05, 3.63) is 0 Å². The molecule has 0 radical (unpaired) electrons. The molecule has 0 aromatic carbocycles. The zero-order chi connectivity index (χ0) is 9.90. The Morgan fingerprint density at radius 2 is 1.92 bits per heavy atom. The van der Waals surface area contributed by atoms with Gasteiger partial charge >= 0.3 is 0 Å². The van der Waals surface area contributed by atoms with Crippen LogP contribution < -0.4 is 5.14 Å². The Bertz CT molecular complexity index is 247. The molecule has 2 N–H and O–H groups in total. The predicted octanol–water partition coefficient (Wildman–Crippen LogP) is 0.379. The molecule has 4 nitrogen and oxygen atoms in total. The Balaban J connectivity index is 2.33. The fraction of sp³-hybridized carbons (Fsp3) is 1.00. The molecule has 0 aliphatic carbocycles. The highest BCUT2D eigenvalue weighted by atomic mass is 127. The molecular formula is C7H15IN2O2S. The van der Waals surface area contributed by atoms with E-state index in [4.69, 9.17) is 5.14 Å². The highest BCUT2D eigenvalue weighted by Gasteiger charge is 2.21. The monoisotopic (exact) mass is 318 g/mol. The number of primary sulfonamides is 1. The smallest absolute Gasteiger partial charge is 0.209 e. The molecule has 13 heavy (non-hydrogen) atoms. The highest BCUT2D eigenvalue weighted by molar-refractivity contribution is 14.1. The molecular weight excluding hydrogens is 303 g/mol. The SMILES string of the molecule is NS(=O)(=O)CC1CCN(CI)CC1. The number of rotatable bonds is 3. The van der Waals surface area contributed by atoms with Gasteiger partial charge in [-0.05, 0) is 31.8 Å². The number of nitrogens with zero attached hydrogens (tertiary/aromatic N) is 1. The van der Waals surface area contributed by atoms with E-state index in [-0.39, 0.29) is 11.7 Å². The fourth-order valence-electron chi connectivity index (χ4n) is 1.60. The summed E-state index contributed by atoms with van der Waals surface area (Å²) in [6.07, 6.45) is 1.92. The molecule has 0 amide bonds. The highest BCUT2D eigenvalue weighted by Crippen LogP contribution is 2.18. The third kappa shape index (κ3) is 4.57. The fourth-order valence-corrected chi connectivity index (χ4v) is 3.27. The Morgan fingerprint density at radius 3 is 2.31 bits per heavy atom. The van der Waals surface area contributed by atoms with E-state index >= 15 is 0 Å². The molecule has 0 aromatic rings. The van der Waals surface area contributed by atoms with E-state index in [0.29, 0.717) is 0 Å². The van der Waals surface area contributed by atoms with Gasteiger partial charge in [-0.1, -0.05) is 22.6 Å². The van der Waals surface area contributed by atoms with E-state index in [2.05, 4.69) is 27.5 Å². The summed E-state index contributed by atoms with van der Waals surface area (Å²) in [5, 5.41) is 4.99. The number of hydrogen-bond acceptors (Lipinski definition) is 3. The molecule has 1 fully saturated rings. The summed E-state index contributed by atoms with van der Waals surface area (Å²) in [5.41, 5.74) is 0. The summed E-state index contributed by atoms with van der Waals surface area (Å²) < 4.78 is 22.7. The van der Waals surface area contributed by atoms with E-state index in [1.54, 1.807) is 0 Å². The molecule has 0 spiro atoms. The first-order valence-corrected chi connectivity index (χ1v) is 7.54. The molecule has 1 heterocycles. The van der Waals surface area contributed by atoms with E-state index in [9.17, 15) is 8.42 Å². The van der Waals surface area contributed by atoms with Gasteiger partial charge in [0.15, 0.2) is 0 Å². The normalized spacial score (nSPS) is 22.0. The molecule has 0 unspecified atom stereocenters. The molecule has 0 saturated carbocycles. The summed E-state index contributed by atoms with van der Waals surface area (Å²) in [7, 11) is -3.27. The van der Waals surface area contributed by atoms with Crippen molar-refractivity contribution in [1.82, 2.24) is 4.90 Å². The Morgan fingerprint density at radius 1 is 1.38 bits per heavy atom. The van der Waals surface area contributed by atoms with Crippen LogP contribution in [0, 0.1) is 5.92 Å². The Kier molecular flexibility index (Phi) is 4.40. The largest absolute Gasteiger partial charge is 0.294 e. The second kappa shape index (κ2) is 4.90. The van der Waals surface area contributed by atoms with Crippen molar-refractivity contribution in [1.29, 1.82) is 0 Å². The minimum atomic E-state index is -3.27. The van der Waals surface area contributed by atoms with Gasteiger partial charge in [0, 0.05) is 0 Å². The number of alkyl halides is 1. The van der Waals surface area contributed by atoms with Crippen LogP contribution in [-0.4, -0.2) is 36.7 Å². The van der Waals surface area contributed by atoms with Gasteiger partial charge in [-0.2, -0.15) is 0 Å². The molecule has 0 atom stereocenters. The van der Waals surface area contributed by atoms with Crippen LogP contribution in [0.5, 0.6) is 0 Å². The standard InChI is InChI=1S/C7H15IN2O2S/c8-6-10-3-1-7(2-4-10)5-13(9,11)12/h7H,1-6H2,(H2,9,11,12). The maximum atomic E-state index is 10.8. The molecule has 1 aliphatic heterocycles. The van der Waals surface area contributed by atoms with Crippen LogP contribution in [0.2, 0.25) is 0 Å². The average Bonchev–Trinajstić information content (AvgIpc) is 2.03. The van der Waals surface area contributed by atoms with Crippen molar-refractivity contribution < 1.29 is 8.42 Å². The predicted molar refractivity (Wildman–Crippen MR) is 61.2 cm³/mol. The zero-order valence-electron chi connectivity index (χ0n) is 7.45. The van der Waals surface area contributed by atoms with Crippen LogP contribution in [0.1, 0.15) is 12.8 Å². The summed E-state index contributed by atoms with van der Waals surface area (Å²) in [6.45, 7) is 2.01. The molecule has 1 rings (SSSR count). The number of piperidine rings is 1. The molecule has 6 heteroatoms. The maximum Gasteiger partial charge on any atom is 0.209 e. The van der Waals surface area contributed by atoms with Crippen LogP contribution in [0.25, 0.3) is 0 Å². The topological polar surface area (TPSA) is 63.4 Å². The van der Waals surface area contributed by atoms with Gasteiger partial charge < -0.3 is 0 Å². The first-order chi connectivity index (χ1) is 6.01. The Labute approximate surface area is 93.0 Å². The summed E-state index contributed by atoms with van der Waals surface area (Å²) in [6, 6.07) is 0. The lowest BCUT2D eigenvalue weighted by atomic mass is 10.00. The zero-order valence-corrected chi connectivity index (χ0v) is 10.4. The van der Waals surface area contributed by atoms with Crippen LogP contribution in [0.15, 0.2) is 0 Å². The van der Waals surface area contributed by atoms with Crippen LogP contribution in [0.3, 0.4) is 0 Å². The number of halogens is 1. The average molecular weight is 318 g/mol. The first kappa shape index (κ1) is 11.7.